The molecule has 0 bridgehead atoms. The zero-order valence-electron chi connectivity index (χ0n) is 11.3. The fourth-order valence-electron chi connectivity index (χ4n) is 2.40. The van der Waals surface area contributed by atoms with E-state index >= 15 is 0 Å². The lowest BCUT2D eigenvalue weighted by Crippen LogP contribution is -2.32. The van der Waals surface area contributed by atoms with Crippen LogP contribution in [0.4, 0.5) is 0 Å². The number of rotatable bonds is 4. The molecule has 2 N–H and O–H groups in total. The Morgan fingerprint density at radius 3 is 2.79 bits per heavy atom. The number of hydrogen-bond acceptors (Lipinski definition) is 5. The molecule has 0 spiro atoms. The molecule has 7 heteroatoms. The molecule has 0 radical (unpaired) electrons. The summed E-state index contributed by atoms with van der Waals surface area (Å²) in [5, 5.41) is 3.78. The fourth-order valence-corrected chi connectivity index (χ4v) is 2.40. The zero-order chi connectivity index (χ0) is 13.1. The van der Waals surface area contributed by atoms with Crippen molar-refractivity contribution in [1.82, 2.24) is 15.0 Å². The van der Waals surface area contributed by atoms with Crippen LogP contribution >= 0.6 is 12.4 Å². The topological polar surface area (TPSA) is 85.2 Å². The van der Waals surface area contributed by atoms with Crippen molar-refractivity contribution in [2.45, 2.75) is 45.2 Å². The van der Waals surface area contributed by atoms with Crippen LogP contribution in [0.3, 0.4) is 0 Å². The van der Waals surface area contributed by atoms with E-state index in [1.54, 1.807) is 18.9 Å². The highest BCUT2D eigenvalue weighted by atomic mass is 35.5. The van der Waals surface area contributed by atoms with Crippen LogP contribution in [-0.4, -0.2) is 34.0 Å². The molecule has 0 unspecified atom stereocenters. The Bertz CT molecular complexity index is 424. The maximum Gasteiger partial charge on any atom is 0.223 e. The number of aryl methyl sites for hydroxylation is 1. The van der Waals surface area contributed by atoms with E-state index in [-0.39, 0.29) is 24.4 Å². The summed E-state index contributed by atoms with van der Waals surface area (Å²) < 4.78 is 4.88. The largest absolute Gasteiger partial charge is 0.340 e. The standard InChI is InChI=1S/C12H20N4O2.ClH/c1-8-14-11(15-18-8)7-16(2)12(17)6-9-4-3-5-10(9)13;/h9-10H,3-7,13H2,1-2H3;1H/t9-,10+;/m0./s1. The summed E-state index contributed by atoms with van der Waals surface area (Å²) in [7, 11) is 1.76. The molecule has 1 aliphatic rings. The van der Waals surface area contributed by atoms with Crippen LogP contribution in [0.25, 0.3) is 0 Å². The zero-order valence-corrected chi connectivity index (χ0v) is 12.2. The smallest absolute Gasteiger partial charge is 0.223 e. The molecule has 0 aromatic carbocycles. The molecule has 0 aliphatic heterocycles. The summed E-state index contributed by atoms with van der Waals surface area (Å²) >= 11 is 0. The van der Waals surface area contributed by atoms with Gasteiger partial charge in [0.25, 0.3) is 0 Å². The maximum atomic E-state index is 12.0. The minimum absolute atomic E-state index is 0. The van der Waals surface area contributed by atoms with E-state index in [1.165, 1.54) is 0 Å². The van der Waals surface area contributed by atoms with E-state index < -0.39 is 0 Å². The number of carbonyl (C=O) groups is 1. The van der Waals surface area contributed by atoms with Gasteiger partial charge in [-0.3, -0.25) is 4.79 Å². The first-order valence-corrected chi connectivity index (χ1v) is 6.35. The Balaban J connectivity index is 0.00000180. The molecule has 1 heterocycles. The molecule has 19 heavy (non-hydrogen) atoms. The maximum absolute atomic E-state index is 12.0. The minimum atomic E-state index is 0. The Morgan fingerprint density at radius 2 is 2.26 bits per heavy atom. The van der Waals surface area contributed by atoms with Gasteiger partial charge in [-0.25, -0.2) is 0 Å². The summed E-state index contributed by atoms with van der Waals surface area (Å²) in [5.74, 6) is 1.48. The van der Waals surface area contributed by atoms with Crippen molar-refractivity contribution < 1.29 is 9.32 Å². The average molecular weight is 289 g/mol. The fraction of sp³-hybridized carbons (Fsp3) is 0.750. The lowest BCUT2D eigenvalue weighted by atomic mass is 9.99. The van der Waals surface area contributed by atoms with Crippen LogP contribution in [0.2, 0.25) is 0 Å². The Kier molecular flexibility index (Phi) is 5.75. The third-order valence-electron chi connectivity index (χ3n) is 3.53. The first-order chi connectivity index (χ1) is 8.56. The van der Waals surface area contributed by atoms with Crippen LogP contribution in [0, 0.1) is 12.8 Å². The van der Waals surface area contributed by atoms with Gasteiger partial charge in [0.05, 0.1) is 6.54 Å². The van der Waals surface area contributed by atoms with E-state index in [0.29, 0.717) is 30.6 Å². The molecular weight excluding hydrogens is 268 g/mol. The SMILES string of the molecule is Cc1nc(CN(C)C(=O)C[C@@H]2CCC[C@H]2N)no1.Cl. The van der Waals surface area contributed by atoms with Crippen molar-refractivity contribution >= 4 is 18.3 Å². The van der Waals surface area contributed by atoms with Gasteiger partial charge in [-0.05, 0) is 18.8 Å². The molecule has 1 amide bonds. The van der Waals surface area contributed by atoms with E-state index in [0.717, 1.165) is 19.3 Å². The van der Waals surface area contributed by atoms with Gasteiger partial charge in [-0.15, -0.1) is 12.4 Å². The molecule has 0 saturated heterocycles. The van der Waals surface area contributed by atoms with Gasteiger partial charge in [0.15, 0.2) is 5.82 Å². The second-order valence-corrected chi connectivity index (χ2v) is 5.04. The van der Waals surface area contributed by atoms with Crippen molar-refractivity contribution in [3.8, 4) is 0 Å². The Hall–Kier alpha value is -1.14. The first kappa shape index (κ1) is 15.9. The normalized spacial score (nSPS) is 22.1. The molecule has 6 nitrogen and oxygen atoms in total. The lowest BCUT2D eigenvalue weighted by molar-refractivity contribution is -0.131. The minimum Gasteiger partial charge on any atom is -0.340 e. The summed E-state index contributed by atoms with van der Waals surface area (Å²) in [5.41, 5.74) is 5.97. The van der Waals surface area contributed by atoms with Gasteiger partial charge >= 0.3 is 0 Å². The van der Waals surface area contributed by atoms with E-state index in [4.69, 9.17) is 10.3 Å². The van der Waals surface area contributed by atoms with Crippen molar-refractivity contribution in [3.05, 3.63) is 11.7 Å². The van der Waals surface area contributed by atoms with Gasteiger partial charge in [-0.2, -0.15) is 4.98 Å². The van der Waals surface area contributed by atoms with Crippen molar-refractivity contribution in [3.63, 3.8) is 0 Å². The van der Waals surface area contributed by atoms with Crippen molar-refractivity contribution in [2.24, 2.45) is 11.7 Å². The monoisotopic (exact) mass is 288 g/mol. The van der Waals surface area contributed by atoms with Crippen LogP contribution in [0.15, 0.2) is 4.52 Å². The van der Waals surface area contributed by atoms with Gasteiger partial charge in [0, 0.05) is 26.4 Å². The van der Waals surface area contributed by atoms with Crippen LogP contribution in [0.1, 0.15) is 37.4 Å². The predicted molar refractivity (Wildman–Crippen MR) is 72.7 cm³/mol. The third kappa shape index (κ3) is 4.18. The van der Waals surface area contributed by atoms with Crippen LogP contribution in [0.5, 0.6) is 0 Å². The highest BCUT2D eigenvalue weighted by molar-refractivity contribution is 5.85. The number of nitrogens with two attached hydrogens (primary N) is 1. The molecule has 1 saturated carbocycles. The lowest BCUT2D eigenvalue weighted by Gasteiger charge is -2.19. The second-order valence-electron chi connectivity index (χ2n) is 5.04. The van der Waals surface area contributed by atoms with E-state index in [2.05, 4.69) is 10.1 Å². The van der Waals surface area contributed by atoms with Gasteiger partial charge in [-0.1, -0.05) is 11.6 Å². The summed E-state index contributed by atoms with van der Waals surface area (Å²) in [6, 6.07) is 0.176. The number of nitrogens with zero attached hydrogens (tertiary/aromatic N) is 3. The first-order valence-electron chi connectivity index (χ1n) is 6.35. The quantitative estimate of drug-likeness (QED) is 0.902. The van der Waals surface area contributed by atoms with Crippen molar-refractivity contribution in [1.29, 1.82) is 0 Å². The molecule has 1 fully saturated rings. The summed E-state index contributed by atoms with van der Waals surface area (Å²) in [6.45, 7) is 2.12. The highest BCUT2D eigenvalue weighted by Crippen LogP contribution is 2.27. The van der Waals surface area contributed by atoms with Gasteiger partial charge < -0.3 is 15.2 Å². The highest BCUT2D eigenvalue weighted by Gasteiger charge is 2.27. The summed E-state index contributed by atoms with van der Waals surface area (Å²) in [4.78, 5) is 17.8. The average Bonchev–Trinajstić information content (AvgIpc) is 2.89. The number of halogens is 1. The van der Waals surface area contributed by atoms with Crippen molar-refractivity contribution in [2.75, 3.05) is 7.05 Å². The molecule has 1 aliphatic carbocycles. The molecule has 1 aromatic heterocycles. The van der Waals surface area contributed by atoms with Crippen LogP contribution < -0.4 is 5.73 Å². The van der Waals surface area contributed by atoms with Gasteiger partial charge in [0.1, 0.15) is 0 Å². The third-order valence-corrected chi connectivity index (χ3v) is 3.53. The molecule has 108 valence electrons. The molecule has 2 atom stereocenters. The number of carbonyl (C=O) groups excluding carboxylic acids is 1. The summed E-state index contributed by atoms with van der Waals surface area (Å²) in [6.07, 6.45) is 3.75. The van der Waals surface area contributed by atoms with E-state index in [1.807, 2.05) is 0 Å². The number of aromatic nitrogens is 2. The van der Waals surface area contributed by atoms with E-state index in [9.17, 15) is 4.79 Å². The second kappa shape index (κ2) is 6.86. The number of amides is 1. The Morgan fingerprint density at radius 1 is 1.53 bits per heavy atom. The van der Waals surface area contributed by atoms with Gasteiger partial charge in [0.2, 0.25) is 11.8 Å². The molecular formula is C12H21ClN4O2. The van der Waals surface area contributed by atoms with Crippen LogP contribution in [-0.2, 0) is 11.3 Å². The number of hydrogen-bond donors (Lipinski definition) is 1. The molecule has 1 aromatic rings. The Labute approximate surface area is 119 Å². The predicted octanol–water partition coefficient (Wildman–Crippen LogP) is 1.28. The molecule has 2 rings (SSSR count).